The van der Waals surface area contributed by atoms with Crippen LogP contribution >= 0.6 is 11.3 Å². The number of aromatic nitrogens is 6. The molecule has 0 radical (unpaired) electrons. The highest BCUT2D eigenvalue weighted by atomic mass is 32.1. The van der Waals surface area contributed by atoms with Crippen LogP contribution in [0.15, 0.2) is 67.4 Å². The van der Waals surface area contributed by atoms with Gasteiger partial charge in [0, 0.05) is 23.5 Å². The Hall–Kier alpha value is -3.32. The number of benzene rings is 1. The number of pyridine rings is 1. The molecule has 0 unspecified atom stereocenters. The van der Waals surface area contributed by atoms with E-state index >= 15 is 0 Å². The highest BCUT2D eigenvalue weighted by Crippen LogP contribution is 2.31. The largest absolute Gasteiger partial charge is 0.324 e. The molecule has 132 valence electrons. The molecular weight excluding hydrogens is 356 g/mol. The topological polar surface area (TPSA) is 60.9 Å². The van der Waals surface area contributed by atoms with Crippen LogP contribution in [0.3, 0.4) is 0 Å². The maximum atomic E-state index is 4.71. The first-order valence-electron chi connectivity index (χ1n) is 8.60. The van der Waals surface area contributed by atoms with Crippen LogP contribution in [0.1, 0.15) is 10.7 Å². The fraction of sp³-hybridized carbons (Fsp3) is 0.100. The van der Waals surface area contributed by atoms with E-state index in [1.807, 2.05) is 54.3 Å². The molecule has 0 aliphatic carbocycles. The number of fused-ring (bicyclic) bond motifs is 1. The van der Waals surface area contributed by atoms with Crippen molar-refractivity contribution in [3.05, 3.63) is 78.1 Å². The average Bonchev–Trinajstić information content (AvgIpc) is 3.36. The molecule has 0 aliphatic heterocycles. The third-order valence-corrected chi connectivity index (χ3v) is 5.20. The van der Waals surface area contributed by atoms with Crippen molar-refractivity contribution in [1.29, 1.82) is 0 Å². The SMILES string of the molecule is Cc1nn2cc(Cn3cnc(-c4ccccc4)c3-c3ccncc3)nc2s1. The summed E-state index contributed by atoms with van der Waals surface area (Å²) in [5, 5.41) is 5.46. The van der Waals surface area contributed by atoms with Gasteiger partial charge in [0.2, 0.25) is 4.96 Å². The lowest BCUT2D eigenvalue weighted by atomic mass is 10.1. The van der Waals surface area contributed by atoms with Crippen molar-refractivity contribution in [2.24, 2.45) is 0 Å². The molecule has 0 amide bonds. The summed E-state index contributed by atoms with van der Waals surface area (Å²) < 4.78 is 3.98. The Labute approximate surface area is 159 Å². The molecule has 27 heavy (non-hydrogen) atoms. The third kappa shape index (κ3) is 2.92. The van der Waals surface area contributed by atoms with Crippen LogP contribution < -0.4 is 0 Å². The van der Waals surface area contributed by atoms with E-state index in [2.05, 4.69) is 26.8 Å². The van der Waals surface area contributed by atoms with Crippen molar-refractivity contribution in [3.63, 3.8) is 0 Å². The molecule has 4 aromatic heterocycles. The van der Waals surface area contributed by atoms with Crippen molar-refractivity contribution >= 4 is 16.3 Å². The molecule has 0 aliphatic rings. The summed E-state index contributed by atoms with van der Waals surface area (Å²) >= 11 is 1.59. The quantitative estimate of drug-likeness (QED) is 0.477. The molecule has 0 saturated heterocycles. The second-order valence-electron chi connectivity index (χ2n) is 6.25. The van der Waals surface area contributed by atoms with Crippen LogP contribution in [0.5, 0.6) is 0 Å². The van der Waals surface area contributed by atoms with E-state index in [4.69, 9.17) is 9.97 Å². The molecule has 0 fully saturated rings. The normalized spacial score (nSPS) is 11.3. The van der Waals surface area contributed by atoms with Gasteiger partial charge in [-0.3, -0.25) is 4.98 Å². The van der Waals surface area contributed by atoms with Crippen LogP contribution in [-0.4, -0.2) is 29.1 Å². The van der Waals surface area contributed by atoms with E-state index < -0.39 is 0 Å². The molecule has 0 saturated carbocycles. The highest BCUT2D eigenvalue weighted by Gasteiger charge is 2.16. The first-order chi connectivity index (χ1) is 13.3. The Morgan fingerprint density at radius 2 is 1.81 bits per heavy atom. The standard InChI is InChI=1S/C20H16N6S/c1-14-24-26-12-17(23-20(26)27-14)11-25-13-22-18(15-5-3-2-4-6-15)19(25)16-7-9-21-10-8-16/h2-10,12-13H,11H2,1H3. The van der Waals surface area contributed by atoms with Crippen LogP contribution in [0.25, 0.3) is 27.5 Å². The number of imidazole rings is 2. The number of hydrogen-bond acceptors (Lipinski definition) is 5. The van der Waals surface area contributed by atoms with Gasteiger partial charge in [-0.1, -0.05) is 41.7 Å². The predicted molar refractivity (Wildman–Crippen MR) is 106 cm³/mol. The van der Waals surface area contributed by atoms with Crippen molar-refractivity contribution in [1.82, 2.24) is 29.1 Å². The summed E-state index contributed by atoms with van der Waals surface area (Å²) in [6.45, 7) is 2.62. The van der Waals surface area contributed by atoms with E-state index in [0.29, 0.717) is 6.54 Å². The number of nitrogens with zero attached hydrogens (tertiary/aromatic N) is 6. The van der Waals surface area contributed by atoms with Crippen LogP contribution in [0, 0.1) is 6.92 Å². The van der Waals surface area contributed by atoms with Gasteiger partial charge < -0.3 is 4.57 Å². The van der Waals surface area contributed by atoms with Crippen molar-refractivity contribution in [2.45, 2.75) is 13.5 Å². The molecule has 6 nitrogen and oxygen atoms in total. The highest BCUT2D eigenvalue weighted by molar-refractivity contribution is 7.16. The van der Waals surface area contributed by atoms with Crippen molar-refractivity contribution in [2.75, 3.05) is 0 Å². The lowest BCUT2D eigenvalue weighted by Gasteiger charge is -2.09. The zero-order chi connectivity index (χ0) is 18.2. The zero-order valence-corrected chi connectivity index (χ0v) is 15.5. The summed E-state index contributed by atoms with van der Waals surface area (Å²) in [6, 6.07) is 14.3. The zero-order valence-electron chi connectivity index (χ0n) is 14.6. The summed E-state index contributed by atoms with van der Waals surface area (Å²) in [7, 11) is 0. The summed E-state index contributed by atoms with van der Waals surface area (Å²) in [6.07, 6.45) is 7.48. The second kappa shape index (κ2) is 6.44. The maximum absolute atomic E-state index is 4.71. The van der Waals surface area contributed by atoms with Gasteiger partial charge in [-0.25, -0.2) is 14.5 Å². The van der Waals surface area contributed by atoms with E-state index in [1.165, 1.54) is 0 Å². The van der Waals surface area contributed by atoms with Gasteiger partial charge in [0.1, 0.15) is 5.01 Å². The van der Waals surface area contributed by atoms with Gasteiger partial charge in [-0.15, -0.1) is 0 Å². The molecule has 0 atom stereocenters. The Bertz CT molecular complexity index is 1170. The first-order valence-corrected chi connectivity index (χ1v) is 9.42. The minimum atomic E-state index is 0.632. The van der Waals surface area contributed by atoms with Gasteiger partial charge in [-0.2, -0.15) is 5.10 Å². The molecule has 5 rings (SSSR count). The third-order valence-electron chi connectivity index (χ3n) is 4.37. The molecule has 7 heteroatoms. The first kappa shape index (κ1) is 15.9. The van der Waals surface area contributed by atoms with Crippen LogP contribution in [0.4, 0.5) is 0 Å². The van der Waals surface area contributed by atoms with E-state index in [1.54, 1.807) is 23.7 Å². The van der Waals surface area contributed by atoms with Crippen LogP contribution in [0.2, 0.25) is 0 Å². The fourth-order valence-electron chi connectivity index (χ4n) is 3.22. The molecule has 0 spiro atoms. The molecule has 0 bridgehead atoms. The van der Waals surface area contributed by atoms with Gasteiger partial charge in [0.25, 0.3) is 0 Å². The monoisotopic (exact) mass is 372 g/mol. The summed E-state index contributed by atoms with van der Waals surface area (Å²) in [4.78, 5) is 14.5. The Balaban J connectivity index is 1.61. The number of aryl methyl sites for hydroxylation is 1. The molecule has 4 heterocycles. The molecule has 5 aromatic rings. The smallest absolute Gasteiger partial charge is 0.212 e. The lowest BCUT2D eigenvalue weighted by Crippen LogP contribution is -2.01. The number of rotatable bonds is 4. The van der Waals surface area contributed by atoms with E-state index in [0.717, 1.165) is 38.2 Å². The number of hydrogen-bond donors (Lipinski definition) is 0. The average molecular weight is 372 g/mol. The Kier molecular flexibility index (Phi) is 3.79. The predicted octanol–water partition coefficient (Wildman–Crippen LogP) is 4.07. The lowest BCUT2D eigenvalue weighted by molar-refractivity contribution is 0.784. The maximum Gasteiger partial charge on any atom is 0.212 e. The minimum absolute atomic E-state index is 0.632. The van der Waals surface area contributed by atoms with E-state index in [9.17, 15) is 0 Å². The molecule has 1 aromatic carbocycles. The van der Waals surface area contributed by atoms with Crippen molar-refractivity contribution in [3.8, 4) is 22.5 Å². The van der Waals surface area contributed by atoms with Gasteiger partial charge in [0.15, 0.2) is 0 Å². The van der Waals surface area contributed by atoms with Gasteiger partial charge in [0.05, 0.1) is 36.2 Å². The molecule has 0 N–H and O–H groups in total. The van der Waals surface area contributed by atoms with Gasteiger partial charge in [-0.05, 0) is 19.1 Å². The summed E-state index contributed by atoms with van der Waals surface area (Å²) in [5.74, 6) is 0. The summed E-state index contributed by atoms with van der Waals surface area (Å²) in [5.41, 5.74) is 5.14. The fourth-order valence-corrected chi connectivity index (χ4v) is 3.96. The Morgan fingerprint density at radius 1 is 1.00 bits per heavy atom. The van der Waals surface area contributed by atoms with E-state index in [-0.39, 0.29) is 0 Å². The Morgan fingerprint density at radius 3 is 2.59 bits per heavy atom. The van der Waals surface area contributed by atoms with Crippen LogP contribution in [-0.2, 0) is 6.54 Å². The molecular formula is C20H16N6S. The second-order valence-corrected chi connectivity index (χ2v) is 7.41. The van der Waals surface area contributed by atoms with Crippen molar-refractivity contribution < 1.29 is 0 Å². The minimum Gasteiger partial charge on any atom is -0.324 e. The van der Waals surface area contributed by atoms with Gasteiger partial charge >= 0.3 is 0 Å².